The molecule has 1 aliphatic rings. The Morgan fingerprint density at radius 1 is 1.35 bits per heavy atom. The van der Waals surface area contributed by atoms with Crippen molar-refractivity contribution in [3.8, 4) is 0 Å². The summed E-state index contributed by atoms with van der Waals surface area (Å²) in [7, 11) is 2.07. The van der Waals surface area contributed by atoms with Gasteiger partial charge in [0.05, 0.1) is 0 Å². The number of amides is 1. The van der Waals surface area contributed by atoms with Crippen molar-refractivity contribution >= 4 is 5.91 Å². The van der Waals surface area contributed by atoms with Crippen molar-refractivity contribution in [2.75, 3.05) is 20.1 Å². The highest BCUT2D eigenvalue weighted by Gasteiger charge is 2.25. The number of rotatable bonds is 6. The summed E-state index contributed by atoms with van der Waals surface area (Å²) in [5.41, 5.74) is 7.36. The Hall–Kier alpha value is -1.43. The number of hydrogen-bond acceptors (Lipinski definition) is 4. The van der Waals surface area contributed by atoms with Gasteiger partial charge in [0, 0.05) is 25.7 Å². The van der Waals surface area contributed by atoms with Crippen molar-refractivity contribution in [2.45, 2.75) is 32.0 Å². The minimum Gasteiger partial charge on any atom is -0.353 e. The number of carbonyl (C=O) groups excluding carboxylic acids is 1. The number of nitrogens with zero attached hydrogens (tertiary/aromatic N) is 1. The minimum absolute atomic E-state index is 0.0787. The number of hydrogen-bond donors (Lipinski definition) is 3. The monoisotopic (exact) mass is 276 g/mol. The molecule has 2 rings (SSSR count). The summed E-state index contributed by atoms with van der Waals surface area (Å²) in [6, 6.07) is 10.6. The maximum absolute atomic E-state index is 11.9. The predicted molar refractivity (Wildman–Crippen MR) is 79.9 cm³/mol. The zero-order chi connectivity index (χ0) is 14.4. The quantitative estimate of drug-likeness (QED) is 0.708. The molecule has 0 aliphatic carbocycles. The van der Waals surface area contributed by atoms with E-state index in [4.69, 9.17) is 0 Å². The number of likely N-dealkylation sites (N-methyl/N-ethyl adjacent to an activating group) is 1. The topological polar surface area (TPSA) is 56.4 Å². The molecule has 20 heavy (non-hydrogen) atoms. The molecule has 2 unspecified atom stereocenters. The molecule has 0 spiro atoms. The Morgan fingerprint density at radius 2 is 2.10 bits per heavy atom. The van der Waals surface area contributed by atoms with Gasteiger partial charge in [-0.25, -0.2) is 5.43 Å². The lowest BCUT2D eigenvalue weighted by molar-refractivity contribution is -0.122. The molecule has 5 heteroatoms. The second kappa shape index (κ2) is 7.38. The third-order valence-electron chi connectivity index (χ3n) is 3.50. The molecule has 1 heterocycles. The number of nitrogens with one attached hydrogen (secondary N) is 3. The first-order valence-electron chi connectivity index (χ1n) is 7.16. The van der Waals surface area contributed by atoms with Crippen LogP contribution >= 0.6 is 0 Å². The Labute approximate surface area is 120 Å². The molecule has 1 fully saturated rings. The molecule has 1 aromatic carbocycles. The van der Waals surface area contributed by atoms with Crippen molar-refractivity contribution in [2.24, 2.45) is 0 Å². The molecular formula is C15H24N4O. The molecule has 1 saturated heterocycles. The maximum atomic E-state index is 11.9. The van der Waals surface area contributed by atoms with E-state index in [1.807, 2.05) is 18.2 Å². The zero-order valence-corrected chi connectivity index (χ0v) is 12.2. The van der Waals surface area contributed by atoms with Gasteiger partial charge in [-0.15, -0.1) is 0 Å². The third-order valence-corrected chi connectivity index (χ3v) is 3.50. The predicted octanol–water partition coefficient (Wildman–Crippen LogP) is 0.490. The van der Waals surface area contributed by atoms with E-state index in [0.29, 0.717) is 12.6 Å². The molecule has 0 bridgehead atoms. The Morgan fingerprint density at radius 3 is 2.75 bits per heavy atom. The van der Waals surface area contributed by atoms with E-state index >= 15 is 0 Å². The van der Waals surface area contributed by atoms with Crippen LogP contribution in [0, 0.1) is 0 Å². The van der Waals surface area contributed by atoms with Gasteiger partial charge >= 0.3 is 0 Å². The molecule has 1 aliphatic heterocycles. The van der Waals surface area contributed by atoms with E-state index in [-0.39, 0.29) is 11.9 Å². The first kappa shape index (κ1) is 15.0. The average molecular weight is 276 g/mol. The van der Waals surface area contributed by atoms with Crippen LogP contribution in [0.4, 0.5) is 0 Å². The smallest absolute Gasteiger partial charge is 0.238 e. The van der Waals surface area contributed by atoms with Gasteiger partial charge in [-0.1, -0.05) is 30.3 Å². The Balaban J connectivity index is 1.64. The van der Waals surface area contributed by atoms with Crippen LogP contribution in [0.3, 0.4) is 0 Å². The van der Waals surface area contributed by atoms with Crippen LogP contribution in [0.5, 0.6) is 0 Å². The lowest BCUT2D eigenvalue weighted by Crippen LogP contribution is -2.45. The van der Waals surface area contributed by atoms with E-state index in [0.717, 1.165) is 19.5 Å². The van der Waals surface area contributed by atoms with E-state index in [1.54, 1.807) is 0 Å². The molecule has 0 saturated carbocycles. The summed E-state index contributed by atoms with van der Waals surface area (Å²) >= 11 is 0. The second-order valence-electron chi connectivity index (χ2n) is 5.49. The molecule has 2 atom stereocenters. The highest BCUT2D eigenvalue weighted by Crippen LogP contribution is 2.04. The molecule has 3 N–H and O–H groups in total. The fourth-order valence-electron chi connectivity index (χ4n) is 2.35. The van der Waals surface area contributed by atoms with Crippen molar-refractivity contribution in [3.63, 3.8) is 0 Å². The minimum atomic E-state index is -0.107. The van der Waals surface area contributed by atoms with Gasteiger partial charge in [0.25, 0.3) is 0 Å². The van der Waals surface area contributed by atoms with Gasteiger partial charge in [0.2, 0.25) is 5.91 Å². The van der Waals surface area contributed by atoms with Gasteiger partial charge < -0.3 is 10.2 Å². The molecule has 0 aromatic heterocycles. The standard InChI is InChI=1S/C15H24N4O/c1-12-10-14(18-17-12)15(20)16-8-9-19(2)11-13-6-4-3-5-7-13/h3-7,12,14,17-18H,8-11H2,1-2H3,(H,16,20). The van der Waals surface area contributed by atoms with Crippen LogP contribution in [-0.2, 0) is 11.3 Å². The van der Waals surface area contributed by atoms with Crippen LogP contribution in [0.25, 0.3) is 0 Å². The van der Waals surface area contributed by atoms with Gasteiger partial charge in [-0.3, -0.25) is 10.2 Å². The lowest BCUT2D eigenvalue weighted by Gasteiger charge is -2.18. The number of benzene rings is 1. The van der Waals surface area contributed by atoms with Crippen molar-refractivity contribution < 1.29 is 4.79 Å². The fourth-order valence-corrected chi connectivity index (χ4v) is 2.35. The lowest BCUT2D eigenvalue weighted by atomic mass is 10.1. The van der Waals surface area contributed by atoms with Crippen LogP contribution in [0.1, 0.15) is 18.9 Å². The van der Waals surface area contributed by atoms with Crippen LogP contribution in [-0.4, -0.2) is 43.0 Å². The summed E-state index contributed by atoms with van der Waals surface area (Å²) in [5.74, 6) is 0.0787. The summed E-state index contributed by atoms with van der Waals surface area (Å²) in [5, 5.41) is 2.98. The first-order chi connectivity index (χ1) is 9.65. The molecule has 0 radical (unpaired) electrons. The van der Waals surface area contributed by atoms with Crippen LogP contribution < -0.4 is 16.2 Å². The molecule has 110 valence electrons. The highest BCUT2D eigenvalue weighted by atomic mass is 16.2. The van der Waals surface area contributed by atoms with Crippen molar-refractivity contribution in [1.29, 1.82) is 0 Å². The highest BCUT2D eigenvalue weighted by molar-refractivity contribution is 5.81. The van der Waals surface area contributed by atoms with Crippen molar-refractivity contribution in [3.05, 3.63) is 35.9 Å². The maximum Gasteiger partial charge on any atom is 0.238 e. The Kier molecular flexibility index (Phi) is 5.52. The summed E-state index contributed by atoms with van der Waals surface area (Å²) < 4.78 is 0. The van der Waals surface area contributed by atoms with E-state index in [1.165, 1.54) is 5.56 Å². The molecule has 1 amide bonds. The summed E-state index contributed by atoms with van der Waals surface area (Å²) in [4.78, 5) is 14.1. The second-order valence-corrected chi connectivity index (χ2v) is 5.49. The van der Waals surface area contributed by atoms with Crippen LogP contribution in [0.2, 0.25) is 0 Å². The third kappa shape index (κ3) is 4.59. The van der Waals surface area contributed by atoms with E-state index < -0.39 is 0 Å². The van der Waals surface area contributed by atoms with Gasteiger partial charge in [0.15, 0.2) is 0 Å². The SMILES string of the molecule is CC1CC(C(=O)NCCN(C)Cc2ccccc2)NN1. The molecular weight excluding hydrogens is 252 g/mol. The summed E-state index contributed by atoms with van der Waals surface area (Å²) in [6.45, 7) is 4.48. The zero-order valence-electron chi connectivity index (χ0n) is 12.2. The average Bonchev–Trinajstić information content (AvgIpc) is 2.86. The molecule has 1 aromatic rings. The summed E-state index contributed by atoms with van der Waals surface area (Å²) in [6.07, 6.45) is 0.839. The number of hydrazine groups is 1. The van der Waals surface area contributed by atoms with Gasteiger partial charge in [-0.2, -0.15) is 0 Å². The fraction of sp³-hybridized carbons (Fsp3) is 0.533. The molecule has 5 nitrogen and oxygen atoms in total. The van der Waals surface area contributed by atoms with E-state index in [2.05, 4.69) is 47.2 Å². The van der Waals surface area contributed by atoms with Gasteiger partial charge in [0.1, 0.15) is 6.04 Å². The van der Waals surface area contributed by atoms with Gasteiger partial charge in [-0.05, 0) is 26.0 Å². The Bertz CT molecular complexity index is 423. The number of carbonyl (C=O) groups is 1. The largest absolute Gasteiger partial charge is 0.353 e. The normalized spacial score (nSPS) is 22.1. The van der Waals surface area contributed by atoms with E-state index in [9.17, 15) is 4.79 Å². The van der Waals surface area contributed by atoms with Crippen LogP contribution in [0.15, 0.2) is 30.3 Å². The first-order valence-corrected chi connectivity index (χ1v) is 7.16. The van der Waals surface area contributed by atoms with Crippen molar-refractivity contribution in [1.82, 2.24) is 21.1 Å².